The minimum absolute atomic E-state index is 0.217. The van der Waals surface area contributed by atoms with Crippen LogP contribution in [0.5, 0.6) is 5.75 Å². The van der Waals surface area contributed by atoms with Crippen LogP contribution in [0.15, 0.2) is 18.2 Å². The van der Waals surface area contributed by atoms with E-state index < -0.39 is 11.7 Å². The Morgan fingerprint density at radius 3 is 2.75 bits per heavy atom. The van der Waals surface area contributed by atoms with Crippen molar-refractivity contribution in [1.29, 1.82) is 5.26 Å². The Labute approximate surface area is 123 Å². The Morgan fingerprint density at radius 1 is 1.45 bits per heavy atom. The molecule has 1 N–H and O–H groups in total. The second-order valence-corrected chi connectivity index (χ2v) is 5.41. The molecule has 0 atom stereocenters. The second-order valence-electron chi connectivity index (χ2n) is 5.00. The van der Waals surface area contributed by atoms with E-state index in [-0.39, 0.29) is 18.7 Å². The largest absolute Gasteiger partial charge is 0.490 e. The van der Waals surface area contributed by atoms with Crippen molar-refractivity contribution in [2.45, 2.75) is 26.4 Å². The summed E-state index contributed by atoms with van der Waals surface area (Å²) in [5.41, 5.74) is -0.252. The summed E-state index contributed by atoms with van der Waals surface area (Å²) in [5, 5.41) is 11.9. The van der Waals surface area contributed by atoms with E-state index >= 15 is 0 Å². The Kier molecular flexibility index (Phi) is 5.66. The molecule has 0 aliphatic heterocycles. The number of alkyl carbamates (subject to hydrolysis) is 1. The zero-order valence-electron chi connectivity index (χ0n) is 11.7. The van der Waals surface area contributed by atoms with Crippen molar-refractivity contribution < 1.29 is 14.3 Å². The molecule has 0 aromatic heterocycles. The van der Waals surface area contributed by atoms with E-state index in [0.717, 1.165) is 0 Å². The van der Waals surface area contributed by atoms with Crippen molar-refractivity contribution in [3.05, 3.63) is 28.8 Å². The van der Waals surface area contributed by atoms with Crippen LogP contribution in [-0.4, -0.2) is 24.8 Å². The van der Waals surface area contributed by atoms with Gasteiger partial charge in [0, 0.05) is 0 Å². The third kappa shape index (κ3) is 5.37. The first kappa shape index (κ1) is 16.1. The van der Waals surface area contributed by atoms with Crippen LogP contribution in [0.4, 0.5) is 4.79 Å². The molecule has 6 heteroatoms. The molecule has 0 radical (unpaired) electrons. The topological polar surface area (TPSA) is 71.3 Å². The Bertz CT molecular complexity index is 518. The van der Waals surface area contributed by atoms with Crippen molar-refractivity contribution in [3.8, 4) is 11.8 Å². The molecule has 0 bridgehead atoms. The Balaban J connectivity index is 2.41. The van der Waals surface area contributed by atoms with Crippen molar-refractivity contribution in [2.75, 3.05) is 13.2 Å². The number of nitrogens with one attached hydrogen (secondary N) is 1. The molecule has 0 aliphatic rings. The quantitative estimate of drug-likeness (QED) is 0.867. The highest BCUT2D eigenvalue weighted by Gasteiger charge is 2.15. The van der Waals surface area contributed by atoms with E-state index in [1.165, 1.54) is 0 Å². The van der Waals surface area contributed by atoms with Crippen LogP contribution in [0.3, 0.4) is 0 Å². The summed E-state index contributed by atoms with van der Waals surface area (Å²) in [6, 6.07) is 6.94. The van der Waals surface area contributed by atoms with Gasteiger partial charge in [-0.3, -0.25) is 0 Å². The van der Waals surface area contributed by atoms with Crippen LogP contribution in [0.25, 0.3) is 0 Å². The van der Waals surface area contributed by atoms with E-state index in [2.05, 4.69) is 5.32 Å². The first-order valence-electron chi connectivity index (χ1n) is 6.12. The molecule has 1 aromatic carbocycles. The van der Waals surface area contributed by atoms with Crippen LogP contribution < -0.4 is 10.1 Å². The first-order valence-corrected chi connectivity index (χ1v) is 6.49. The van der Waals surface area contributed by atoms with Gasteiger partial charge in [0.25, 0.3) is 0 Å². The number of carbonyl (C=O) groups excluding carboxylic acids is 1. The minimum atomic E-state index is -0.536. The minimum Gasteiger partial charge on any atom is -0.490 e. The molecule has 1 amide bonds. The SMILES string of the molecule is CC(C)(C)OC(=O)NCCOc1cccc(Cl)c1C#N. The van der Waals surface area contributed by atoms with Gasteiger partial charge in [0.15, 0.2) is 0 Å². The highest BCUT2D eigenvalue weighted by molar-refractivity contribution is 6.31. The summed E-state index contributed by atoms with van der Waals surface area (Å²) in [5.74, 6) is 0.394. The number of benzene rings is 1. The zero-order chi connectivity index (χ0) is 15.2. The smallest absolute Gasteiger partial charge is 0.407 e. The van der Waals surface area contributed by atoms with Crippen LogP contribution in [-0.2, 0) is 4.74 Å². The number of hydrogen-bond donors (Lipinski definition) is 1. The molecule has 1 rings (SSSR count). The number of carbonyl (C=O) groups is 1. The summed E-state index contributed by atoms with van der Waals surface area (Å²) in [4.78, 5) is 11.4. The van der Waals surface area contributed by atoms with Gasteiger partial charge in [-0.15, -0.1) is 0 Å². The van der Waals surface area contributed by atoms with Crippen LogP contribution in [0, 0.1) is 11.3 Å². The Hall–Kier alpha value is -1.93. The van der Waals surface area contributed by atoms with Gasteiger partial charge in [-0.1, -0.05) is 17.7 Å². The molecule has 1 aromatic rings. The molecule has 20 heavy (non-hydrogen) atoms. The van der Waals surface area contributed by atoms with Crippen LogP contribution in [0.1, 0.15) is 26.3 Å². The fraction of sp³-hybridized carbons (Fsp3) is 0.429. The van der Waals surface area contributed by atoms with Gasteiger partial charge >= 0.3 is 6.09 Å². The fourth-order valence-electron chi connectivity index (χ4n) is 1.36. The maximum Gasteiger partial charge on any atom is 0.407 e. The van der Waals surface area contributed by atoms with E-state index in [4.69, 9.17) is 26.3 Å². The molecule has 0 heterocycles. The third-order valence-corrected chi connectivity index (χ3v) is 2.43. The lowest BCUT2D eigenvalue weighted by Gasteiger charge is -2.19. The lowest BCUT2D eigenvalue weighted by atomic mass is 10.2. The van der Waals surface area contributed by atoms with Crippen molar-refractivity contribution in [1.82, 2.24) is 5.32 Å². The molecule has 0 unspecified atom stereocenters. The van der Waals surface area contributed by atoms with E-state index in [1.807, 2.05) is 6.07 Å². The van der Waals surface area contributed by atoms with Gasteiger partial charge in [0.2, 0.25) is 0 Å². The molecule has 0 spiro atoms. The lowest BCUT2D eigenvalue weighted by molar-refractivity contribution is 0.0520. The average Bonchev–Trinajstić information content (AvgIpc) is 2.32. The van der Waals surface area contributed by atoms with E-state index in [9.17, 15) is 4.79 Å². The number of hydrogen-bond acceptors (Lipinski definition) is 4. The number of nitrogens with zero attached hydrogens (tertiary/aromatic N) is 1. The summed E-state index contributed by atoms with van der Waals surface area (Å²) in [6.07, 6.45) is -0.507. The van der Waals surface area contributed by atoms with Crippen LogP contribution in [0.2, 0.25) is 5.02 Å². The second kappa shape index (κ2) is 7.01. The maximum absolute atomic E-state index is 11.4. The summed E-state index contributed by atoms with van der Waals surface area (Å²) >= 11 is 5.87. The van der Waals surface area contributed by atoms with Gasteiger partial charge in [-0.05, 0) is 32.9 Å². The van der Waals surface area contributed by atoms with E-state index in [1.54, 1.807) is 39.0 Å². The number of amides is 1. The molecule has 108 valence electrons. The fourth-order valence-corrected chi connectivity index (χ4v) is 1.57. The summed E-state index contributed by atoms with van der Waals surface area (Å²) < 4.78 is 10.5. The molecule has 0 saturated heterocycles. The van der Waals surface area contributed by atoms with Crippen molar-refractivity contribution >= 4 is 17.7 Å². The van der Waals surface area contributed by atoms with Crippen molar-refractivity contribution in [3.63, 3.8) is 0 Å². The van der Waals surface area contributed by atoms with Gasteiger partial charge in [0.1, 0.15) is 29.6 Å². The number of nitriles is 1. The van der Waals surface area contributed by atoms with Gasteiger partial charge in [0.05, 0.1) is 11.6 Å². The lowest BCUT2D eigenvalue weighted by Crippen LogP contribution is -2.34. The zero-order valence-corrected chi connectivity index (χ0v) is 12.5. The normalized spacial score (nSPS) is 10.6. The highest BCUT2D eigenvalue weighted by atomic mass is 35.5. The predicted octanol–water partition coefficient (Wildman–Crippen LogP) is 3.12. The molecular formula is C14H17ClN2O3. The molecule has 0 aliphatic carbocycles. The van der Waals surface area contributed by atoms with Gasteiger partial charge in [-0.25, -0.2) is 4.79 Å². The molecule has 0 saturated carbocycles. The number of halogens is 1. The number of rotatable bonds is 4. The number of ether oxygens (including phenoxy) is 2. The maximum atomic E-state index is 11.4. The monoisotopic (exact) mass is 296 g/mol. The van der Waals surface area contributed by atoms with Gasteiger partial charge < -0.3 is 14.8 Å². The molecule has 0 fully saturated rings. The average molecular weight is 297 g/mol. The summed E-state index contributed by atoms with van der Waals surface area (Å²) in [7, 11) is 0. The molecular weight excluding hydrogens is 280 g/mol. The third-order valence-electron chi connectivity index (χ3n) is 2.12. The highest BCUT2D eigenvalue weighted by Crippen LogP contribution is 2.25. The predicted molar refractivity (Wildman–Crippen MR) is 75.9 cm³/mol. The van der Waals surface area contributed by atoms with E-state index in [0.29, 0.717) is 10.8 Å². The van der Waals surface area contributed by atoms with Crippen molar-refractivity contribution in [2.24, 2.45) is 0 Å². The molecule has 5 nitrogen and oxygen atoms in total. The Morgan fingerprint density at radius 2 is 2.15 bits per heavy atom. The first-order chi connectivity index (χ1) is 9.33. The standard InChI is InChI=1S/C14H17ClN2O3/c1-14(2,3)20-13(18)17-7-8-19-12-6-4-5-11(15)10(12)9-16/h4-6H,7-8H2,1-3H3,(H,17,18). The van der Waals surface area contributed by atoms with Crippen LogP contribution >= 0.6 is 11.6 Å². The summed E-state index contributed by atoms with van der Waals surface area (Å²) in [6.45, 7) is 5.84. The van der Waals surface area contributed by atoms with Gasteiger partial charge in [-0.2, -0.15) is 5.26 Å².